The predicted molar refractivity (Wildman–Crippen MR) is 71.0 cm³/mol. The first-order chi connectivity index (χ1) is 8.38. The van der Waals surface area contributed by atoms with Gasteiger partial charge in [0.2, 0.25) is 0 Å². The molecule has 2 aromatic rings. The molecule has 1 heterocycles. The summed E-state index contributed by atoms with van der Waals surface area (Å²) in [4.78, 5) is 0.553. The molecule has 0 bridgehead atoms. The van der Waals surface area contributed by atoms with Crippen molar-refractivity contribution in [3.8, 4) is 0 Å². The van der Waals surface area contributed by atoms with Crippen LogP contribution in [-0.2, 0) is 15.6 Å². The van der Waals surface area contributed by atoms with Gasteiger partial charge in [0.05, 0.1) is 20.7 Å². The first-order valence-electron chi connectivity index (χ1n) is 4.90. The summed E-state index contributed by atoms with van der Waals surface area (Å²) in [7, 11) is -3.59. The molecule has 0 unspecified atom stereocenters. The third-order valence-corrected chi connectivity index (χ3v) is 5.41. The van der Waals surface area contributed by atoms with E-state index in [0.717, 1.165) is 12.1 Å². The molecule has 7 heteroatoms. The molecule has 0 aliphatic rings. The number of anilines is 1. The Balaban J connectivity index is 2.36. The fraction of sp³-hybridized carbons (Fsp3) is 0.0909. The smallest absolute Gasteiger partial charge is 0.185 e. The lowest BCUT2D eigenvalue weighted by Crippen LogP contribution is -2.07. The van der Waals surface area contributed by atoms with Crippen molar-refractivity contribution < 1.29 is 12.8 Å². The topological polar surface area (TPSA) is 60.2 Å². The molecule has 1 aromatic carbocycles. The lowest BCUT2D eigenvalue weighted by Gasteiger charge is -2.06. The lowest BCUT2D eigenvalue weighted by atomic mass is 10.3. The maximum Gasteiger partial charge on any atom is 0.185 e. The Bertz CT molecular complexity index is 682. The minimum absolute atomic E-state index is 0.0616. The zero-order valence-corrected chi connectivity index (χ0v) is 11.4. The number of halogens is 2. The molecule has 0 spiro atoms. The van der Waals surface area contributed by atoms with Gasteiger partial charge in [-0.3, -0.25) is 0 Å². The van der Waals surface area contributed by atoms with Crippen molar-refractivity contribution in [1.29, 1.82) is 0 Å². The number of sulfone groups is 1. The molecule has 0 radical (unpaired) electrons. The molecule has 0 saturated heterocycles. The first-order valence-corrected chi connectivity index (χ1v) is 7.75. The van der Waals surface area contributed by atoms with Crippen molar-refractivity contribution >= 4 is 38.5 Å². The molecule has 0 amide bonds. The van der Waals surface area contributed by atoms with E-state index in [1.54, 1.807) is 12.1 Å². The fourth-order valence-electron chi connectivity index (χ4n) is 1.50. The summed E-state index contributed by atoms with van der Waals surface area (Å²) >= 11 is 6.93. The summed E-state index contributed by atoms with van der Waals surface area (Å²) in [6, 6.07) is 6.52. The quantitative estimate of drug-likeness (QED) is 0.700. The van der Waals surface area contributed by atoms with Crippen LogP contribution in [0, 0.1) is 5.82 Å². The fourth-order valence-corrected chi connectivity index (χ4v) is 4.40. The van der Waals surface area contributed by atoms with Crippen LogP contribution in [-0.4, -0.2) is 8.42 Å². The molecular weight excluding hydrogens is 297 g/mol. The molecular formula is C11H9ClFNO2S2. The van der Waals surface area contributed by atoms with Gasteiger partial charge in [-0.1, -0.05) is 11.6 Å². The van der Waals surface area contributed by atoms with Crippen LogP contribution in [0.4, 0.5) is 10.1 Å². The second-order valence-electron chi connectivity index (χ2n) is 3.65. The standard InChI is InChI=1S/C11H9ClFNO2S2/c12-11-4-2-8(17-11)6-18(15,16)10-3-1-7(13)5-9(10)14/h1-5H,6,14H2. The average molecular weight is 306 g/mol. The van der Waals surface area contributed by atoms with Crippen LogP contribution in [0.2, 0.25) is 4.34 Å². The van der Waals surface area contributed by atoms with Gasteiger partial charge in [0.15, 0.2) is 9.84 Å². The van der Waals surface area contributed by atoms with Gasteiger partial charge >= 0.3 is 0 Å². The SMILES string of the molecule is Nc1cc(F)ccc1S(=O)(=O)Cc1ccc(Cl)s1. The van der Waals surface area contributed by atoms with Crippen LogP contribution >= 0.6 is 22.9 Å². The molecule has 0 fully saturated rings. The summed E-state index contributed by atoms with van der Waals surface area (Å²) in [6.07, 6.45) is 0. The Morgan fingerprint density at radius 3 is 2.56 bits per heavy atom. The maximum atomic E-state index is 12.9. The van der Waals surface area contributed by atoms with Gasteiger partial charge in [-0.05, 0) is 30.3 Å². The van der Waals surface area contributed by atoms with Gasteiger partial charge < -0.3 is 5.73 Å². The highest BCUT2D eigenvalue weighted by atomic mass is 35.5. The lowest BCUT2D eigenvalue weighted by molar-refractivity contribution is 0.595. The molecule has 3 nitrogen and oxygen atoms in total. The summed E-state index contributed by atoms with van der Waals surface area (Å²) < 4.78 is 37.6. The molecule has 0 aliphatic carbocycles. The van der Waals surface area contributed by atoms with Crippen LogP contribution in [0.3, 0.4) is 0 Å². The Kier molecular flexibility index (Phi) is 3.61. The summed E-state index contributed by atoms with van der Waals surface area (Å²) in [5.74, 6) is -0.758. The second kappa shape index (κ2) is 4.87. The van der Waals surface area contributed by atoms with E-state index in [4.69, 9.17) is 17.3 Å². The van der Waals surface area contributed by atoms with E-state index in [-0.39, 0.29) is 16.3 Å². The van der Waals surface area contributed by atoms with E-state index < -0.39 is 15.7 Å². The number of thiophene rings is 1. The zero-order valence-electron chi connectivity index (χ0n) is 9.06. The van der Waals surface area contributed by atoms with Crippen LogP contribution < -0.4 is 5.73 Å². The predicted octanol–water partition coefficient (Wildman–Crippen LogP) is 3.10. The molecule has 2 N–H and O–H groups in total. The van der Waals surface area contributed by atoms with Gasteiger partial charge in [0.25, 0.3) is 0 Å². The van der Waals surface area contributed by atoms with Crippen LogP contribution in [0.25, 0.3) is 0 Å². The molecule has 0 saturated carbocycles. The van der Waals surface area contributed by atoms with E-state index in [9.17, 15) is 12.8 Å². The first kappa shape index (κ1) is 13.3. The normalized spacial score (nSPS) is 11.7. The van der Waals surface area contributed by atoms with Crippen molar-refractivity contribution in [2.45, 2.75) is 10.6 Å². The van der Waals surface area contributed by atoms with Gasteiger partial charge in [0.1, 0.15) is 5.82 Å². The molecule has 18 heavy (non-hydrogen) atoms. The van der Waals surface area contributed by atoms with Crippen molar-refractivity contribution in [2.75, 3.05) is 5.73 Å². The molecule has 0 atom stereocenters. The monoisotopic (exact) mass is 305 g/mol. The Labute approximate surface area is 113 Å². The maximum absolute atomic E-state index is 12.9. The highest BCUT2D eigenvalue weighted by Crippen LogP contribution is 2.28. The Hall–Kier alpha value is -1.11. The Morgan fingerprint density at radius 1 is 1.28 bits per heavy atom. The van der Waals surface area contributed by atoms with E-state index in [1.807, 2.05) is 0 Å². The zero-order chi connectivity index (χ0) is 13.3. The van der Waals surface area contributed by atoms with Gasteiger partial charge in [-0.15, -0.1) is 11.3 Å². The minimum atomic E-state index is -3.59. The molecule has 96 valence electrons. The molecule has 2 rings (SSSR count). The number of hydrogen-bond acceptors (Lipinski definition) is 4. The molecule has 1 aromatic heterocycles. The van der Waals surface area contributed by atoms with Crippen molar-refractivity contribution in [2.24, 2.45) is 0 Å². The summed E-state index contributed by atoms with van der Waals surface area (Å²) in [6.45, 7) is 0. The minimum Gasteiger partial charge on any atom is -0.398 e. The van der Waals surface area contributed by atoms with Gasteiger partial charge in [-0.2, -0.15) is 0 Å². The highest BCUT2D eigenvalue weighted by molar-refractivity contribution is 7.91. The van der Waals surface area contributed by atoms with E-state index in [2.05, 4.69) is 0 Å². The summed E-state index contributed by atoms with van der Waals surface area (Å²) in [5.41, 5.74) is 5.44. The van der Waals surface area contributed by atoms with E-state index >= 15 is 0 Å². The number of nitrogens with two attached hydrogens (primary N) is 1. The van der Waals surface area contributed by atoms with E-state index in [0.29, 0.717) is 9.21 Å². The average Bonchev–Trinajstić information content (AvgIpc) is 2.62. The van der Waals surface area contributed by atoms with E-state index in [1.165, 1.54) is 17.4 Å². The second-order valence-corrected chi connectivity index (χ2v) is 7.40. The van der Waals surface area contributed by atoms with Gasteiger partial charge in [-0.25, -0.2) is 12.8 Å². The Morgan fingerprint density at radius 2 is 2.00 bits per heavy atom. The van der Waals surface area contributed by atoms with Crippen molar-refractivity contribution in [3.05, 3.63) is 45.4 Å². The van der Waals surface area contributed by atoms with Crippen LogP contribution in [0.1, 0.15) is 4.88 Å². The number of hydrogen-bond donors (Lipinski definition) is 1. The van der Waals surface area contributed by atoms with Crippen molar-refractivity contribution in [3.63, 3.8) is 0 Å². The highest BCUT2D eigenvalue weighted by Gasteiger charge is 2.19. The number of rotatable bonds is 3. The third kappa shape index (κ3) is 2.82. The largest absolute Gasteiger partial charge is 0.398 e. The molecule has 0 aliphatic heterocycles. The van der Waals surface area contributed by atoms with Crippen LogP contribution in [0.5, 0.6) is 0 Å². The third-order valence-electron chi connectivity index (χ3n) is 2.27. The van der Waals surface area contributed by atoms with Crippen LogP contribution in [0.15, 0.2) is 35.2 Å². The van der Waals surface area contributed by atoms with Gasteiger partial charge in [0, 0.05) is 4.88 Å². The summed E-state index contributed by atoms with van der Waals surface area (Å²) in [5, 5.41) is 0. The number of benzene rings is 1. The number of nitrogen functional groups attached to an aromatic ring is 1. The van der Waals surface area contributed by atoms with Crippen molar-refractivity contribution in [1.82, 2.24) is 0 Å².